The molecule has 2 rings (SSSR count). The lowest BCUT2D eigenvalue weighted by Crippen LogP contribution is -2.28. The van der Waals surface area contributed by atoms with Gasteiger partial charge in [-0.05, 0) is 32.1 Å². The van der Waals surface area contributed by atoms with Crippen LogP contribution in [-0.4, -0.2) is 11.5 Å². The molecule has 1 aliphatic carbocycles. The summed E-state index contributed by atoms with van der Waals surface area (Å²) in [5.41, 5.74) is 1.66. The van der Waals surface area contributed by atoms with E-state index in [1.54, 1.807) is 11.3 Å². The summed E-state index contributed by atoms with van der Waals surface area (Å²) in [6, 6.07) is 0. The molecule has 0 amide bonds. The smallest absolute Gasteiger partial charge is 0.183 e. The highest BCUT2D eigenvalue weighted by molar-refractivity contribution is 7.15. The summed E-state index contributed by atoms with van der Waals surface area (Å²) in [5.74, 6) is 0. The Balaban J connectivity index is 1.91. The van der Waals surface area contributed by atoms with Crippen LogP contribution in [0.25, 0.3) is 0 Å². The van der Waals surface area contributed by atoms with E-state index in [0.717, 1.165) is 11.7 Å². The van der Waals surface area contributed by atoms with Gasteiger partial charge < -0.3 is 5.32 Å². The average molecular weight is 238 g/mol. The molecule has 0 saturated heterocycles. The molecule has 1 aromatic heterocycles. The van der Waals surface area contributed by atoms with Crippen molar-refractivity contribution in [1.29, 1.82) is 0 Å². The van der Waals surface area contributed by atoms with Crippen molar-refractivity contribution < 1.29 is 0 Å². The second-order valence-corrected chi connectivity index (χ2v) is 6.59. The SMILES string of the molecule is Cc1nc(NCC2(C)CCCCC2)sc1C. The zero-order chi connectivity index (χ0) is 11.6. The average Bonchev–Trinajstić information content (AvgIpc) is 2.57. The highest BCUT2D eigenvalue weighted by Crippen LogP contribution is 2.36. The maximum atomic E-state index is 4.53. The summed E-state index contributed by atoms with van der Waals surface area (Å²) < 4.78 is 0. The van der Waals surface area contributed by atoms with E-state index < -0.39 is 0 Å². The molecule has 2 nitrogen and oxygen atoms in total. The lowest BCUT2D eigenvalue weighted by atomic mass is 9.76. The highest BCUT2D eigenvalue weighted by Gasteiger charge is 2.26. The molecule has 3 heteroatoms. The fourth-order valence-electron chi connectivity index (χ4n) is 2.42. The van der Waals surface area contributed by atoms with Crippen LogP contribution < -0.4 is 5.32 Å². The predicted molar refractivity (Wildman–Crippen MR) is 71.3 cm³/mol. The molecule has 0 unspecified atom stereocenters. The number of thiazole rings is 1. The lowest BCUT2D eigenvalue weighted by molar-refractivity contribution is 0.233. The Hall–Kier alpha value is -0.570. The van der Waals surface area contributed by atoms with Crippen molar-refractivity contribution in [3.63, 3.8) is 0 Å². The number of nitrogens with zero attached hydrogens (tertiary/aromatic N) is 1. The molecule has 16 heavy (non-hydrogen) atoms. The highest BCUT2D eigenvalue weighted by atomic mass is 32.1. The van der Waals surface area contributed by atoms with E-state index in [1.807, 2.05) is 0 Å². The first-order valence-electron chi connectivity index (χ1n) is 6.27. The number of aryl methyl sites for hydroxylation is 2. The molecule has 0 spiro atoms. The number of rotatable bonds is 3. The lowest BCUT2D eigenvalue weighted by Gasteiger charge is -2.33. The summed E-state index contributed by atoms with van der Waals surface area (Å²) in [7, 11) is 0. The van der Waals surface area contributed by atoms with Crippen LogP contribution in [0.1, 0.15) is 49.6 Å². The van der Waals surface area contributed by atoms with Crippen LogP contribution in [0.5, 0.6) is 0 Å². The minimum atomic E-state index is 0.492. The van der Waals surface area contributed by atoms with Crippen molar-refractivity contribution in [2.75, 3.05) is 11.9 Å². The topological polar surface area (TPSA) is 24.9 Å². The molecule has 0 aromatic carbocycles. The molecular weight excluding hydrogens is 216 g/mol. The minimum absolute atomic E-state index is 0.492. The molecule has 1 saturated carbocycles. The van der Waals surface area contributed by atoms with Gasteiger partial charge in [-0.3, -0.25) is 0 Å². The van der Waals surface area contributed by atoms with Crippen LogP contribution in [0.3, 0.4) is 0 Å². The summed E-state index contributed by atoms with van der Waals surface area (Å²) in [6.07, 6.45) is 6.94. The molecule has 1 aromatic rings. The normalized spacial score (nSPS) is 19.7. The number of nitrogens with one attached hydrogen (secondary N) is 1. The quantitative estimate of drug-likeness (QED) is 0.856. The van der Waals surface area contributed by atoms with Crippen molar-refractivity contribution in [2.45, 2.75) is 52.9 Å². The molecule has 1 heterocycles. The van der Waals surface area contributed by atoms with Crippen molar-refractivity contribution in [1.82, 2.24) is 4.98 Å². The monoisotopic (exact) mass is 238 g/mol. The molecule has 0 radical (unpaired) electrons. The van der Waals surface area contributed by atoms with Crippen LogP contribution in [0, 0.1) is 19.3 Å². The van der Waals surface area contributed by atoms with Crippen LogP contribution in [0.2, 0.25) is 0 Å². The fraction of sp³-hybridized carbons (Fsp3) is 0.769. The molecule has 1 aliphatic rings. The summed E-state index contributed by atoms with van der Waals surface area (Å²) in [6.45, 7) is 7.71. The molecule has 1 N–H and O–H groups in total. The minimum Gasteiger partial charge on any atom is -0.361 e. The van der Waals surface area contributed by atoms with Gasteiger partial charge in [0, 0.05) is 11.4 Å². The molecule has 0 bridgehead atoms. The van der Waals surface area contributed by atoms with E-state index in [9.17, 15) is 0 Å². The van der Waals surface area contributed by atoms with Crippen molar-refractivity contribution >= 4 is 16.5 Å². The van der Waals surface area contributed by atoms with Crippen LogP contribution in [0.15, 0.2) is 0 Å². The number of aromatic nitrogens is 1. The van der Waals surface area contributed by atoms with Gasteiger partial charge >= 0.3 is 0 Å². The Morgan fingerprint density at radius 1 is 1.25 bits per heavy atom. The van der Waals surface area contributed by atoms with Gasteiger partial charge in [-0.15, -0.1) is 11.3 Å². The van der Waals surface area contributed by atoms with Crippen molar-refractivity contribution in [2.24, 2.45) is 5.41 Å². The molecular formula is C13H22N2S. The zero-order valence-corrected chi connectivity index (χ0v) is 11.4. The van der Waals surface area contributed by atoms with Gasteiger partial charge in [-0.1, -0.05) is 26.2 Å². The second-order valence-electron chi connectivity index (χ2n) is 5.39. The summed E-state index contributed by atoms with van der Waals surface area (Å²) in [5, 5.41) is 4.62. The first-order valence-corrected chi connectivity index (χ1v) is 7.09. The van der Waals surface area contributed by atoms with E-state index in [1.165, 1.54) is 42.7 Å². The standard InChI is InChI=1S/C13H22N2S/c1-10-11(2)16-12(15-10)14-9-13(3)7-5-4-6-8-13/h4-9H2,1-3H3,(H,14,15). The number of hydrogen-bond acceptors (Lipinski definition) is 3. The Morgan fingerprint density at radius 2 is 1.94 bits per heavy atom. The fourth-order valence-corrected chi connectivity index (χ4v) is 3.23. The predicted octanol–water partition coefficient (Wildman–Crippen LogP) is 4.14. The van der Waals surface area contributed by atoms with Crippen molar-refractivity contribution in [3.8, 4) is 0 Å². The van der Waals surface area contributed by atoms with Gasteiger partial charge in [0.25, 0.3) is 0 Å². The number of anilines is 1. The largest absolute Gasteiger partial charge is 0.361 e. The molecule has 0 aliphatic heterocycles. The van der Waals surface area contributed by atoms with E-state index in [4.69, 9.17) is 0 Å². The first-order chi connectivity index (χ1) is 7.59. The zero-order valence-electron chi connectivity index (χ0n) is 10.6. The Labute approximate surface area is 102 Å². The van der Waals surface area contributed by atoms with Crippen LogP contribution in [0.4, 0.5) is 5.13 Å². The van der Waals surface area contributed by atoms with Gasteiger partial charge in [0.1, 0.15) is 0 Å². The van der Waals surface area contributed by atoms with E-state index in [0.29, 0.717) is 5.41 Å². The van der Waals surface area contributed by atoms with Gasteiger partial charge in [-0.2, -0.15) is 0 Å². The molecule has 0 atom stereocenters. The Morgan fingerprint density at radius 3 is 2.50 bits per heavy atom. The second kappa shape index (κ2) is 4.74. The summed E-state index contributed by atoms with van der Waals surface area (Å²) >= 11 is 1.78. The first kappa shape index (κ1) is 11.9. The third-order valence-corrected chi connectivity index (χ3v) is 4.79. The van der Waals surface area contributed by atoms with E-state index in [2.05, 4.69) is 31.1 Å². The van der Waals surface area contributed by atoms with E-state index >= 15 is 0 Å². The summed E-state index contributed by atoms with van der Waals surface area (Å²) in [4.78, 5) is 5.86. The van der Waals surface area contributed by atoms with Gasteiger partial charge in [-0.25, -0.2) is 4.98 Å². The maximum absolute atomic E-state index is 4.53. The van der Waals surface area contributed by atoms with Crippen LogP contribution >= 0.6 is 11.3 Å². The number of hydrogen-bond donors (Lipinski definition) is 1. The van der Waals surface area contributed by atoms with Gasteiger partial charge in [0.2, 0.25) is 0 Å². The maximum Gasteiger partial charge on any atom is 0.183 e. The van der Waals surface area contributed by atoms with Crippen LogP contribution in [-0.2, 0) is 0 Å². The molecule has 90 valence electrons. The Bertz CT molecular complexity index is 331. The van der Waals surface area contributed by atoms with E-state index in [-0.39, 0.29) is 0 Å². The third kappa shape index (κ3) is 2.76. The molecule has 1 fully saturated rings. The Kier molecular flexibility index (Phi) is 3.53. The van der Waals surface area contributed by atoms with Crippen molar-refractivity contribution in [3.05, 3.63) is 10.6 Å². The third-order valence-electron chi connectivity index (χ3n) is 3.76. The van der Waals surface area contributed by atoms with Gasteiger partial charge in [0.05, 0.1) is 5.69 Å². The van der Waals surface area contributed by atoms with Gasteiger partial charge in [0.15, 0.2) is 5.13 Å².